The molecule has 0 unspecified atom stereocenters. The van der Waals surface area contributed by atoms with Gasteiger partial charge < -0.3 is 4.74 Å². The normalized spacial score (nSPS) is 22.1. The number of hydrogen-bond acceptors (Lipinski definition) is 4. The van der Waals surface area contributed by atoms with E-state index in [9.17, 15) is 9.59 Å². The summed E-state index contributed by atoms with van der Waals surface area (Å²) in [6.07, 6.45) is 1.43. The lowest BCUT2D eigenvalue weighted by atomic mass is 9.73. The van der Waals surface area contributed by atoms with Crippen LogP contribution in [0.15, 0.2) is 65.9 Å². The van der Waals surface area contributed by atoms with Crippen LogP contribution in [0, 0.1) is 0 Å². The molecule has 1 aliphatic carbocycles. The molecule has 0 aromatic heterocycles. The molecule has 29 heavy (non-hydrogen) atoms. The number of carbonyl (C=O) groups is 2. The van der Waals surface area contributed by atoms with Gasteiger partial charge in [0.2, 0.25) is 5.91 Å². The van der Waals surface area contributed by atoms with Crippen LogP contribution in [-0.4, -0.2) is 42.9 Å². The van der Waals surface area contributed by atoms with E-state index >= 15 is 0 Å². The van der Waals surface area contributed by atoms with Crippen molar-refractivity contribution in [2.45, 2.75) is 31.1 Å². The van der Waals surface area contributed by atoms with Crippen molar-refractivity contribution in [2.24, 2.45) is 0 Å². The molecule has 0 fully saturated rings. The number of nitrogens with zero attached hydrogens (tertiary/aromatic N) is 2. The summed E-state index contributed by atoms with van der Waals surface area (Å²) in [4.78, 5) is 26.5. The number of benzene rings is 2. The van der Waals surface area contributed by atoms with Crippen LogP contribution in [0.4, 0.5) is 0 Å². The van der Waals surface area contributed by atoms with Crippen molar-refractivity contribution in [1.82, 2.24) is 10.0 Å². The second-order valence-corrected chi connectivity index (χ2v) is 7.89. The smallest absolute Gasteiger partial charge is 0.242 e. The van der Waals surface area contributed by atoms with Crippen molar-refractivity contribution >= 4 is 11.7 Å². The zero-order valence-corrected chi connectivity index (χ0v) is 17.1. The van der Waals surface area contributed by atoms with E-state index in [4.69, 9.17) is 4.74 Å². The number of carbonyl (C=O) groups excluding carboxylic acids is 2. The van der Waals surface area contributed by atoms with Gasteiger partial charge in [-0.3, -0.25) is 9.59 Å². The minimum absolute atomic E-state index is 0.0167. The minimum atomic E-state index is -0.229. The fourth-order valence-corrected chi connectivity index (χ4v) is 4.59. The first kappa shape index (κ1) is 19.4. The fraction of sp³-hybridized carbons (Fsp3) is 0.333. The molecule has 0 bridgehead atoms. The molecule has 2 aromatic rings. The fourth-order valence-electron chi connectivity index (χ4n) is 4.59. The molecule has 5 nitrogen and oxygen atoms in total. The van der Waals surface area contributed by atoms with Crippen molar-refractivity contribution in [1.29, 1.82) is 0 Å². The first-order valence-corrected chi connectivity index (χ1v) is 9.95. The Morgan fingerprint density at radius 3 is 2.34 bits per heavy atom. The van der Waals surface area contributed by atoms with E-state index < -0.39 is 0 Å². The Morgan fingerprint density at radius 1 is 0.931 bits per heavy atom. The zero-order chi connectivity index (χ0) is 20.5. The minimum Gasteiger partial charge on any atom is -0.497 e. The summed E-state index contributed by atoms with van der Waals surface area (Å²) in [7, 11) is 5.33. The van der Waals surface area contributed by atoms with Crippen LogP contribution >= 0.6 is 0 Å². The maximum Gasteiger partial charge on any atom is 0.242 e. The van der Waals surface area contributed by atoms with Gasteiger partial charge in [0.15, 0.2) is 5.78 Å². The van der Waals surface area contributed by atoms with Gasteiger partial charge in [-0.2, -0.15) is 0 Å². The predicted octanol–water partition coefficient (Wildman–Crippen LogP) is 3.89. The van der Waals surface area contributed by atoms with Gasteiger partial charge >= 0.3 is 0 Å². The zero-order valence-electron chi connectivity index (χ0n) is 17.1. The summed E-state index contributed by atoms with van der Waals surface area (Å²) in [5.74, 6) is 0.739. The topological polar surface area (TPSA) is 49.9 Å². The molecule has 0 saturated carbocycles. The van der Waals surface area contributed by atoms with Crippen LogP contribution in [0.1, 0.15) is 42.2 Å². The SMILES string of the molecule is COc1cccc([C@@H]2CC(=O)N(N(C)C)C3=C2C(=O)C[C@H](c2ccccc2)C3)c1. The summed E-state index contributed by atoms with van der Waals surface area (Å²) in [5.41, 5.74) is 3.71. The molecule has 0 N–H and O–H groups in total. The third-order valence-corrected chi connectivity index (χ3v) is 5.87. The Balaban J connectivity index is 1.81. The van der Waals surface area contributed by atoms with Gasteiger partial charge in [0.25, 0.3) is 0 Å². The molecule has 150 valence electrons. The third-order valence-electron chi connectivity index (χ3n) is 5.87. The number of allylic oxidation sites excluding steroid dienone is 2. The number of ether oxygens (including phenoxy) is 1. The Labute approximate surface area is 171 Å². The predicted molar refractivity (Wildman–Crippen MR) is 111 cm³/mol. The third kappa shape index (κ3) is 3.58. The number of methoxy groups -OCH3 is 1. The molecular formula is C24H26N2O3. The Hall–Kier alpha value is -2.92. The largest absolute Gasteiger partial charge is 0.497 e. The van der Waals surface area contributed by atoms with E-state index in [1.807, 2.05) is 56.6 Å². The Kier molecular flexibility index (Phi) is 5.24. The molecule has 0 radical (unpaired) electrons. The van der Waals surface area contributed by atoms with Crippen LogP contribution in [0.25, 0.3) is 0 Å². The Morgan fingerprint density at radius 2 is 1.66 bits per heavy atom. The molecule has 1 heterocycles. The average molecular weight is 390 g/mol. The van der Waals surface area contributed by atoms with Gasteiger partial charge in [-0.05, 0) is 35.6 Å². The maximum absolute atomic E-state index is 13.4. The van der Waals surface area contributed by atoms with Crippen molar-refractivity contribution < 1.29 is 14.3 Å². The summed E-state index contributed by atoms with van der Waals surface area (Å²) < 4.78 is 5.37. The molecule has 0 saturated heterocycles. The van der Waals surface area contributed by atoms with Gasteiger partial charge in [0.1, 0.15) is 5.75 Å². The molecule has 2 aromatic carbocycles. The summed E-state index contributed by atoms with van der Waals surface area (Å²) in [5, 5.41) is 3.49. The number of hydrogen-bond donors (Lipinski definition) is 0. The highest BCUT2D eigenvalue weighted by atomic mass is 16.5. The lowest BCUT2D eigenvalue weighted by Gasteiger charge is -2.42. The molecule has 0 spiro atoms. The van der Waals surface area contributed by atoms with Gasteiger partial charge in [0, 0.05) is 44.1 Å². The number of rotatable bonds is 4. The second-order valence-electron chi connectivity index (χ2n) is 7.89. The monoisotopic (exact) mass is 390 g/mol. The summed E-state index contributed by atoms with van der Waals surface area (Å²) in [6.45, 7) is 0. The number of Topliss-reactive ketones (excluding diaryl/α,β-unsaturated/α-hetero) is 1. The van der Waals surface area contributed by atoms with Crippen molar-refractivity contribution in [3.63, 3.8) is 0 Å². The maximum atomic E-state index is 13.4. The van der Waals surface area contributed by atoms with Crippen LogP contribution < -0.4 is 4.74 Å². The Bertz CT molecular complexity index is 965. The van der Waals surface area contributed by atoms with Crippen molar-refractivity contribution in [3.8, 4) is 5.75 Å². The van der Waals surface area contributed by atoms with Gasteiger partial charge in [0.05, 0.1) is 7.11 Å². The van der Waals surface area contributed by atoms with Crippen LogP contribution in [0.3, 0.4) is 0 Å². The molecule has 1 aliphatic heterocycles. The van der Waals surface area contributed by atoms with Gasteiger partial charge in [-0.25, -0.2) is 10.0 Å². The number of amides is 1. The summed E-state index contributed by atoms with van der Waals surface area (Å²) in [6, 6.07) is 17.8. The van der Waals surface area contributed by atoms with E-state index in [0.717, 1.165) is 28.1 Å². The first-order valence-electron chi connectivity index (χ1n) is 9.95. The second kappa shape index (κ2) is 7.84. The highest BCUT2D eigenvalue weighted by molar-refractivity contribution is 6.02. The standard InChI is InChI=1S/C24H26N2O3/c1-25(2)26-21-13-18(16-8-5-4-6-9-16)14-22(27)24(21)20(15-23(26)28)17-10-7-11-19(12-17)29-3/h4-12,18,20H,13-15H2,1-3H3/t18-,20+/m1/s1. The molecule has 5 heteroatoms. The molecule has 2 atom stereocenters. The number of hydrazine groups is 1. The van der Waals surface area contributed by atoms with Crippen LogP contribution in [0.2, 0.25) is 0 Å². The van der Waals surface area contributed by atoms with E-state index in [2.05, 4.69) is 12.1 Å². The summed E-state index contributed by atoms with van der Waals surface area (Å²) >= 11 is 0. The lowest BCUT2D eigenvalue weighted by molar-refractivity contribution is -0.143. The number of ketones is 1. The van der Waals surface area contributed by atoms with E-state index in [1.165, 1.54) is 0 Å². The van der Waals surface area contributed by atoms with Gasteiger partial charge in [-0.1, -0.05) is 42.5 Å². The molecule has 2 aliphatic rings. The van der Waals surface area contributed by atoms with E-state index in [1.54, 1.807) is 17.1 Å². The van der Waals surface area contributed by atoms with Crippen molar-refractivity contribution in [2.75, 3.05) is 21.2 Å². The molecule has 1 amide bonds. The van der Waals surface area contributed by atoms with Crippen molar-refractivity contribution in [3.05, 3.63) is 77.0 Å². The quantitative estimate of drug-likeness (QED) is 0.795. The highest BCUT2D eigenvalue weighted by Crippen LogP contribution is 2.46. The average Bonchev–Trinajstić information content (AvgIpc) is 2.73. The lowest BCUT2D eigenvalue weighted by Crippen LogP contribution is -2.47. The van der Waals surface area contributed by atoms with E-state index in [0.29, 0.717) is 12.8 Å². The first-order chi connectivity index (χ1) is 14.0. The van der Waals surface area contributed by atoms with Gasteiger partial charge in [-0.15, -0.1) is 0 Å². The molecule has 4 rings (SSSR count). The molecular weight excluding hydrogens is 364 g/mol. The van der Waals surface area contributed by atoms with Crippen LogP contribution in [-0.2, 0) is 9.59 Å². The van der Waals surface area contributed by atoms with Crippen LogP contribution in [0.5, 0.6) is 5.75 Å². The highest BCUT2D eigenvalue weighted by Gasteiger charge is 2.42. The van der Waals surface area contributed by atoms with E-state index in [-0.39, 0.29) is 29.9 Å².